The fraction of sp³-hybridized carbons (Fsp3) is 0.818. The van der Waals surface area contributed by atoms with Gasteiger partial charge in [0.25, 0.3) is 0 Å². The fourth-order valence-electron chi connectivity index (χ4n) is 1.75. The molecule has 1 heterocycles. The molecule has 0 aliphatic carbocycles. The van der Waals surface area contributed by atoms with Crippen LogP contribution in [0.25, 0.3) is 0 Å². The van der Waals surface area contributed by atoms with Gasteiger partial charge in [-0.15, -0.1) is 0 Å². The molecule has 0 saturated carbocycles. The smallest absolute Gasteiger partial charge is 0.227 e. The van der Waals surface area contributed by atoms with Crippen LogP contribution < -0.4 is 0 Å². The summed E-state index contributed by atoms with van der Waals surface area (Å²) < 4.78 is 0. The summed E-state index contributed by atoms with van der Waals surface area (Å²) >= 11 is 0. The predicted octanol–water partition coefficient (Wildman–Crippen LogP) is 0.788. The number of aliphatic hydroxyl groups is 1. The molecule has 1 aliphatic rings. The standard InChI is InChI=1S/C11H19NO3/c1-7(2)9(13)4-5-12-10(14)6-8(3)11(12)15/h7-8,10,14H,4-6H2,1-3H3. The minimum Gasteiger partial charge on any atom is -0.373 e. The molecule has 4 heteroatoms. The zero-order valence-corrected chi connectivity index (χ0v) is 9.56. The molecule has 2 atom stereocenters. The van der Waals surface area contributed by atoms with E-state index >= 15 is 0 Å². The van der Waals surface area contributed by atoms with Crippen LogP contribution in [0.4, 0.5) is 0 Å². The summed E-state index contributed by atoms with van der Waals surface area (Å²) in [5, 5.41) is 9.58. The van der Waals surface area contributed by atoms with E-state index < -0.39 is 6.23 Å². The Bertz CT molecular complexity index is 263. The molecule has 4 nitrogen and oxygen atoms in total. The highest BCUT2D eigenvalue weighted by Crippen LogP contribution is 2.22. The van der Waals surface area contributed by atoms with E-state index in [0.717, 1.165) is 0 Å². The molecule has 0 radical (unpaired) electrons. The van der Waals surface area contributed by atoms with Crippen LogP contribution in [0.2, 0.25) is 0 Å². The first-order valence-corrected chi connectivity index (χ1v) is 5.44. The molecule has 1 N–H and O–H groups in total. The summed E-state index contributed by atoms with van der Waals surface area (Å²) in [6, 6.07) is 0. The molecule has 2 unspecified atom stereocenters. The summed E-state index contributed by atoms with van der Waals surface area (Å²) in [6.07, 6.45) is 0.120. The van der Waals surface area contributed by atoms with Gasteiger partial charge in [-0.05, 0) is 0 Å². The van der Waals surface area contributed by atoms with Gasteiger partial charge in [-0.3, -0.25) is 9.59 Å². The van der Waals surface area contributed by atoms with Gasteiger partial charge in [0.05, 0.1) is 0 Å². The van der Waals surface area contributed by atoms with Crippen LogP contribution in [-0.2, 0) is 9.59 Å². The number of carbonyl (C=O) groups is 2. The second-order valence-electron chi connectivity index (χ2n) is 4.52. The topological polar surface area (TPSA) is 57.6 Å². The maximum Gasteiger partial charge on any atom is 0.227 e. The lowest BCUT2D eigenvalue weighted by molar-refractivity contribution is -0.136. The molecular weight excluding hydrogens is 194 g/mol. The first-order valence-electron chi connectivity index (χ1n) is 5.44. The normalized spacial score (nSPS) is 26.5. The second kappa shape index (κ2) is 4.75. The highest BCUT2D eigenvalue weighted by molar-refractivity contribution is 5.83. The van der Waals surface area contributed by atoms with Crippen LogP contribution in [0.1, 0.15) is 33.6 Å². The summed E-state index contributed by atoms with van der Waals surface area (Å²) in [5.41, 5.74) is 0. The molecule has 1 rings (SSSR count). The number of likely N-dealkylation sites (tertiary alicyclic amines) is 1. The largest absolute Gasteiger partial charge is 0.373 e. The summed E-state index contributed by atoms with van der Waals surface area (Å²) in [4.78, 5) is 24.3. The van der Waals surface area contributed by atoms with Crippen molar-refractivity contribution in [2.75, 3.05) is 6.54 Å². The molecule has 1 aliphatic heterocycles. The minimum atomic E-state index is -0.701. The SMILES string of the molecule is CC(C)C(=O)CCN1C(=O)C(C)CC1O. The Morgan fingerprint density at radius 2 is 2.20 bits per heavy atom. The molecule has 1 fully saturated rings. The fourth-order valence-corrected chi connectivity index (χ4v) is 1.75. The lowest BCUT2D eigenvalue weighted by atomic mass is 10.1. The zero-order chi connectivity index (χ0) is 11.6. The van der Waals surface area contributed by atoms with Crippen molar-refractivity contribution < 1.29 is 14.7 Å². The van der Waals surface area contributed by atoms with E-state index in [4.69, 9.17) is 0 Å². The first-order chi connectivity index (χ1) is 6.93. The highest BCUT2D eigenvalue weighted by atomic mass is 16.3. The molecule has 0 aromatic heterocycles. The maximum atomic E-state index is 11.6. The van der Waals surface area contributed by atoms with E-state index in [1.165, 1.54) is 4.90 Å². The van der Waals surface area contributed by atoms with Gasteiger partial charge in [0.15, 0.2) is 0 Å². The van der Waals surface area contributed by atoms with E-state index in [0.29, 0.717) is 19.4 Å². The van der Waals surface area contributed by atoms with E-state index in [-0.39, 0.29) is 23.5 Å². The first kappa shape index (κ1) is 12.2. The van der Waals surface area contributed by atoms with Gasteiger partial charge in [0.1, 0.15) is 12.0 Å². The van der Waals surface area contributed by atoms with Crippen molar-refractivity contribution in [1.29, 1.82) is 0 Å². The van der Waals surface area contributed by atoms with Crippen molar-refractivity contribution in [2.24, 2.45) is 11.8 Å². The third kappa shape index (κ3) is 2.78. The van der Waals surface area contributed by atoms with Gasteiger partial charge in [0, 0.05) is 31.2 Å². The average Bonchev–Trinajstić information content (AvgIpc) is 2.38. The molecule has 0 aromatic rings. The number of rotatable bonds is 4. The van der Waals surface area contributed by atoms with Crippen molar-refractivity contribution in [3.8, 4) is 0 Å². The Balaban J connectivity index is 2.45. The van der Waals surface area contributed by atoms with Crippen molar-refractivity contribution in [1.82, 2.24) is 4.90 Å². The number of ketones is 1. The number of aliphatic hydroxyl groups excluding tert-OH is 1. The van der Waals surface area contributed by atoms with Gasteiger partial charge >= 0.3 is 0 Å². The Hall–Kier alpha value is -0.900. The molecule has 0 bridgehead atoms. The number of nitrogens with zero attached hydrogens (tertiary/aromatic N) is 1. The van der Waals surface area contributed by atoms with Crippen LogP contribution >= 0.6 is 0 Å². The number of hydrogen-bond donors (Lipinski definition) is 1. The average molecular weight is 213 g/mol. The second-order valence-corrected chi connectivity index (χ2v) is 4.52. The van der Waals surface area contributed by atoms with Crippen molar-refractivity contribution in [2.45, 2.75) is 39.8 Å². The number of amides is 1. The maximum absolute atomic E-state index is 11.6. The lowest BCUT2D eigenvalue weighted by Crippen LogP contribution is -2.35. The van der Waals surface area contributed by atoms with Crippen LogP contribution in [0.5, 0.6) is 0 Å². The van der Waals surface area contributed by atoms with Crippen molar-refractivity contribution in [3.63, 3.8) is 0 Å². The van der Waals surface area contributed by atoms with E-state index in [1.807, 2.05) is 13.8 Å². The van der Waals surface area contributed by atoms with Crippen molar-refractivity contribution >= 4 is 11.7 Å². The van der Waals surface area contributed by atoms with Gasteiger partial charge in [-0.1, -0.05) is 20.8 Å². The third-order valence-corrected chi connectivity index (χ3v) is 2.87. The third-order valence-electron chi connectivity index (χ3n) is 2.87. The molecule has 86 valence electrons. The minimum absolute atomic E-state index is 0.00253. The zero-order valence-electron chi connectivity index (χ0n) is 9.56. The summed E-state index contributed by atoms with van der Waals surface area (Å²) in [7, 11) is 0. The van der Waals surface area contributed by atoms with Crippen molar-refractivity contribution in [3.05, 3.63) is 0 Å². The van der Waals surface area contributed by atoms with Crippen LogP contribution in [0, 0.1) is 11.8 Å². The van der Waals surface area contributed by atoms with E-state index in [2.05, 4.69) is 0 Å². The Morgan fingerprint density at radius 3 is 2.60 bits per heavy atom. The van der Waals surface area contributed by atoms with Gasteiger partial charge < -0.3 is 10.0 Å². The number of hydrogen-bond acceptors (Lipinski definition) is 3. The lowest BCUT2D eigenvalue weighted by Gasteiger charge is -2.20. The summed E-state index contributed by atoms with van der Waals surface area (Å²) in [5.74, 6) is -0.0277. The number of Topliss-reactive ketones (excluding diaryl/α,β-unsaturated/α-hetero) is 1. The Kier molecular flexibility index (Phi) is 3.85. The number of carbonyl (C=O) groups excluding carboxylic acids is 2. The van der Waals surface area contributed by atoms with E-state index in [1.54, 1.807) is 6.92 Å². The molecule has 0 aromatic carbocycles. The van der Waals surface area contributed by atoms with Crippen LogP contribution in [-0.4, -0.2) is 34.5 Å². The molecule has 1 amide bonds. The predicted molar refractivity (Wildman–Crippen MR) is 56.0 cm³/mol. The Labute approximate surface area is 90.3 Å². The van der Waals surface area contributed by atoms with Gasteiger partial charge in [-0.25, -0.2) is 0 Å². The van der Waals surface area contributed by atoms with Crippen LogP contribution in [0.3, 0.4) is 0 Å². The quantitative estimate of drug-likeness (QED) is 0.751. The van der Waals surface area contributed by atoms with Crippen LogP contribution in [0.15, 0.2) is 0 Å². The van der Waals surface area contributed by atoms with E-state index in [9.17, 15) is 14.7 Å². The van der Waals surface area contributed by atoms with Gasteiger partial charge in [0.2, 0.25) is 5.91 Å². The molecule has 15 heavy (non-hydrogen) atoms. The molecular formula is C11H19NO3. The summed E-state index contributed by atoms with van der Waals surface area (Å²) in [6.45, 7) is 5.83. The monoisotopic (exact) mass is 213 g/mol. The van der Waals surface area contributed by atoms with Gasteiger partial charge in [-0.2, -0.15) is 0 Å². The highest BCUT2D eigenvalue weighted by Gasteiger charge is 2.35. The Morgan fingerprint density at radius 1 is 1.60 bits per heavy atom. The molecule has 1 saturated heterocycles. The molecule has 0 spiro atoms.